The number of hydrogen-bond acceptors (Lipinski definition) is 5. The molecule has 1 aliphatic heterocycles. The molecule has 0 radical (unpaired) electrons. The van der Waals surface area contributed by atoms with Crippen molar-refractivity contribution in [1.29, 1.82) is 0 Å². The Balaban J connectivity index is 2.30. The van der Waals surface area contributed by atoms with E-state index in [4.69, 9.17) is 0 Å². The lowest BCUT2D eigenvalue weighted by atomic mass is 9.90. The zero-order valence-corrected chi connectivity index (χ0v) is 15.2. The van der Waals surface area contributed by atoms with Crippen LogP contribution in [0.5, 0.6) is 11.5 Å². The van der Waals surface area contributed by atoms with E-state index in [9.17, 15) is 18.6 Å². The molecule has 1 heterocycles. The largest absolute Gasteiger partial charge is 0.504 e. The van der Waals surface area contributed by atoms with Gasteiger partial charge < -0.3 is 10.2 Å². The minimum atomic E-state index is -3.62. The van der Waals surface area contributed by atoms with Crippen LogP contribution >= 0.6 is 0 Å². The molecule has 3 N–H and O–H groups in total. The van der Waals surface area contributed by atoms with Crippen LogP contribution < -0.4 is 5.32 Å². The summed E-state index contributed by atoms with van der Waals surface area (Å²) in [6.07, 6.45) is 1.30. The lowest BCUT2D eigenvalue weighted by molar-refractivity contribution is 0.312. The fourth-order valence-corrected chi connectivity index (χ4v) is 5.70. The third-order valence-electron chi connectivity index (χ3n) is 5.16. The SMILES string of the molecule is CCC1(CC)CS(=O)(=O)c2cc(O)c(O)cc2C(c2ccccc2)N1. The van der Waals surface area contributed by atoms with Gasteiger partial charge in [-0.25, -0.2) is 8.42 Å². The van der Waals surface area contributed by atoms with Crippen LogP contribution in [0.3, 0.4) is 0 Å². The van der Waals surface area contributed by atoms with E-state index in [0.29, 0.717) is 18.4 Å². The Labute approximate surface area is 148 Å². The number of hydrogen-bond donors (Lipinski definition) is 3. The summed E-state index contributed by atoms with van der Waals surface area (Å²) in [6, 6.07) is 11.7. The Bertz CT molecular complexity index is 874. The van der Waals surface area contributed by atoms with Crippen molar-refractivity contribution in [2.24, 2.45) is 0 Å². The molecule has 1 atom stereocenters. The van der Waals surface area contributed by atoms with Crippen LogP contribution in [0.4, 0.5) is 0 Å². The molecule has 0 saturated heterocycles. The Morgan fingerprint density at radius 3 is 2.28 bits per heavy atom. The van der Waals surface area contributed by atoms with E-state index in [2.05, 4.69) is 5.32 Å². The molecule has 5 nitrogen and oxygen atoms in total. The van der Waals surface area contributed by atoms with Gasteiger partial charge in [-0.3, -0.25) is 5.32 Å². The first-order valence-electron chi connectivity index (χ1n) is 8.43. The van der Waals surface area contributed by atoms with Crippen LogP contribution in [0.2, 0.25) is 0 Å². The molecule has 1 unspecified atom stereocenters. The number of fused-ring (bicyclic) bond motifs is 1. The normalized spacial score (nSPS) is 21.3. The van der Waals surface area contributed by atoms with Crippen molar-refractivity contribution in [2.75, 3.05) is 5.75 Å². The fraction of sp³-hybridized carbons (Fsp3) is 0.368. The highest BCUT2D eigenvalue weighted by molar-refractivity contribution is 7.91. The molecule has 2 aromatic rings. The highest BCUT2D eigenvalue weighted by Crippen LogP contribution is 2.41. The van der Waals surface area contributed by atoms with Gasteiger partial charge in [-0.1, -0.05) is 44.2 Å². The summed E-state index contributed by atoms with van der Waals surface area (Å²) in [5, 5.41) is 23.4. The molecule has 6 heteroatoms. The van der Waals surface area contributed by atoms with Crippen molar-refractivity contribution >= 4 is 9.84 Å². The van der Waals surface area contributed by atoms with Gasteiger partial charge in [-0.2, -0.15) is 0 Å². The number of phenolic OH excluding ortho intramolecular Hbond substituents is 2. The van der Waals surface area contributed by atoms with E-state index in [0.717, 1.165) is 5.56 Å². The first-order valence-corrected chi connectivity index (χ1v) is 10.1. The molecule has 1 aliphatic rings. The standard InChI is InChI=1S/C19H23NO4S/c1-3-19(4-2)12-25(23,24)17-11-16(22)15(21)10-14(17)18(20-19)13-8-6-5-7-9-13/h5-11,18,20-22H,3-4,12H2,1-2H3. The summed E-state index contributed by atoms with van der Waals surface area (Å²) >= 11 is 0. The number of rotatable bonds is 3. The second-order valence-corrected chi connectivity index (χ2v) is 8.57. The predicted molar refractivity (Wildman–Crippen MR) is 96.6 cm³/mol. The average molecular weight is 361 g/mol. The second-order valence-electron chi connectivity index (χ2n) is 6.61. The first kappa shape index (κ1) is 17.8. The van der Waals surface area contributed by atoms with E-state index in [-0.39, 0.29) is 22.4 Å². The molecule has 25 heavy (non-hydrogen) atoms. The van der Waals surface area contributed by atoms with Gasteiger partial charge in [0.1, 0.15) is 0 Å². The van der Waals surface area contributed by atoms with E-state index in [1.807, 2.05) is 44.2 Å². The molecule has 2 aromatic carbocycles. The summed E-state index contributed by atoms with van der Waals surface area (Å²) in [7, 11) is -3.62. The zero-order valence-electron chi connectivity index (χ0n) is 14.4. The van der Waals surface area contributed by atoms with Gasteiger partial charge >= 0.3 is 0 Å². The molecular weight excluding hydrogens is 338 g/mol. The van der Waals surface area contributed by atoms with Crippen LogP contribution in [-0.2, 0) is 9.84 Å². The van der Waals surface area contributed by atoms with Gasteiger partial charge in [0.2, 0.25) is 0 Å². The van der Waals surface area contributed by atoms with Crippen molar-refractivity contribution in [3.63, 3.8) is 0 Å². The van der Waals surface area contributed by atoms with E-state index < -0.39 is 21.1 Å². The van der Waals surface area contributed by atoms with Crippen LogP contribution in [0.15, 0.2) is 47.4 Å². The summed E-state index contributed by atoms with van der Waals surface area (Å²) in [5.74, 6) is -0.792. The maximum absolute atomic E-state index is 13.0. The van der Waals surface area contributed by atoms with Gasteiger partial charge in [-0.15, -0.1) is 0 Å². The molecule has 0 spiro atoms. The van der Waals surface area contributed by atoms with Gasteiger partial charge in [0, 0.05) is 11.6 Å². The molecular formula is C19H23NO4S. The summed E-state index contributed by atoms with van der Waals surface area (Å²) in [6.45, 7) is 3.94. The minimum absolute atomic E-state index is 0.0481. The lowest BCUT2D eigenvalue weighted by Gasteiger charge is -2.34. The van der Waals surface area contributed by atoms with Crippen molar-refractivity contribution in [2.45, 2.75) is 43.2 Å². The van der Waals surface area contributed by atoms with E-state index >= 15 is 0 Å². The van der Waals surface area contributed by atoms with Crippen molar-refractivity contribution in [3.8, 4) is 11.5 Å². The van der Waals surface area contributed by atoms with Crippen molar-refractivity contribution < 1.29 is 18.6 Å². The van der Waals surface area contributed by atoms with Crippen LogP contribution in [0.25, 0.3) is 0 Å². The van der Waals surface area contributed by atoms with Gasteiger partial charge in [-0.05, 0) is 30.0 Å². The topological polar surface area (TPSA) is 86.6 Å². The summed E-state index contributed by atoms with van der Waals surface area (Å²) < 4.78 is 26.1. The van der Waals surface area contributed by atoms with Crippen LogP contribution in [0, 0.1) is 0 Å². The number of nitrogens with one attached hydrogen (secondary N) is 1. The van der Waals surface area contributed by atoms with Gasteiger partial charge in [0.05, 0.1) is 16.7 Å². The second kappa shape index (κ2) is 6.35. The van der Waals surface area contributed by atoms with Crippen molar-refractivity contribution in [1.82, 2.24) is 5.32 Å². The third-order valence-corrected chi connectivity index (χ3v) is 7.11. The molecule has 3 rings (SSSR count). The maximum atomic E-state index is 13.0. The number of benzene rings is 2. The monoisotopic (exact) mass is 361 g/mol. The number of aromatic hydroxyl groups is 2. The minimum Gasteiger partial charge on any atom is -0.504 e. The Hall–Kier alpha value is -2.05. The Morgan fingerprint density at radius 2 is 1.68 bits per heavy atom. The first-order chi connectivity index (χ1) is 11.8. The molecule has 134 valence electrons. The quantitative estimate of drug-likeness (QED) is 0.731. The van der Waals surface area contributed by atoms with Crippen molar-refractivity contribution in [3.05, 3.63) is 53.6 Å². The third kappa shape index (κ3) is 3.12. The molecule has 0 fully saturated rings. The molecule has 0 aromatic heterocycles. The highest BCUT2D eigenvalue weighted by Gasteiger charge is 2.41. The highest BCUT2D eigenvalue weighted by atomic mass is 32.2. The number of phenols is 2. The van der Waals surface area contributed by atoms with Crippen LogP contribution in [0.1, 0.15) is 43.9 Å². The average Bonchev–Trinajstić information content (AvgIpc) is 2.70. The smallest absolute Gasteiger partial charge is 0.180 e. The number of sulfone groups is 1. The zero-order chi connectivity index (χ0) is 18.2. The predicted octanol–water partition coefficient (Wildman–Crippen LogP) is 3.12. The molecule has 0 saturated carbocycles. The van der Waals surface area contributed by atoms with E-state index in [1.54, 1.807) is 0 Å². The maximum Gasteiger partial charge on any atom is 0.180 e. The summed E-state index contributed by atoms with van der Waals surface area (Å²) in [4.78, 5) is 0.0768. The molecule has 0 amide bonds. The Kier molecular flexibility index (Phi) is 4.51. The fourth-order valence-electron chi connectivity index (χ4n) is 3.50. The van der Waals surface area contributed by atoms with E-state index in [1.165, 1.54) is 12.1 Å². The Morgan fingerprint density at radius 1 is 1.08 bits per heavy atom. The van der Waals surface area contributed by atoms with Gasteiger partial charge in [0.15, 0.2) is 21.3 Å². The molecule has 0 bridgehead atoms. The summed E-state index contributed by atoms with van der Waals surface area (Å²) in [5.41, 5.74) is 0.798. The van der Waals surface area contributed by atoms with Crippen LogP contribution in [-0.4, -0.2) is 29.9 Å². The lowest BCUT2D eigenvalue weighted by Crippen LogP contribution is -2.49. The van der Waals surface area contributed by atoms with Gasteiger partial charge in [0.25, 0.3) is 0 Å². The molecule has 0 aliphatic carbocycles.